The molecule has 138 valence electrons. The van der Waals surface area contributed by atoms with Crippen LogP contribution >= 0.6 is 11.3 Å². The number of thiazole rings is 1. The maximum Gasteiger partial charge on any atom is 0.254 e. The highest BCUT2D eigenvalue weighted by atomic mass is 32.1. The van der Waals surface area contributed by atoms with Crippen LogP contribution in [0.2, 0.25) is 0 Å². The third-order valence-electron chi connectivity index (χ3n) is 4.90. The molecule has 3 N–H and O–H groups in total. The van der Waals surface area contributed by atoms with Gasteiger partial charge in [-0.3, -0.25) is 9.59 Å². The molecule has 7 heteroatoms. The molecule has 2 aromatic carbocycles. The molecule has 0 saturated carbocycles. The predicted molar refractivity (Wildman–Crippen MR) is 108 cm³/mol. The Kier molecular flexibility index (Phi) is 4.31. The molecule has 3 aromatic rings. The normalized spacial score (nSPS) is 17.2. The molecule has 1 atom stereocenters. The lowest BCUT2D eigenvalue weighted by Crippen LogP contribution is -2.55. The Morgan fingerprint density at radius 3 is 2.93 bits per heavy atom. The largest absolute Gasteiger partial charge is 0.375 e. The molecule has 0 radical (unpaired) electrons. The monoisotopic (exact) mass is 380 g/mol. The molecular formula is C20H20N4O2S. The topological polar surface area (TPSA) is 88.3 Å². The van der Waals surface area contributed by atoms with Crippen LogP contribution in [-0.4, -0.2) is 40.8 Å². The summed E-state index contributed by atoms with van der Waals surface area (Å²) in [5, 5.41) is 3.33. The molecule has 1 aliphatic heterocycles. The smallest absolute Gasteiger partial charge is 0.254 e. The maximum absolute atomic E-state index is 12.9. The summed E-state index contributed by atoms with van der Waals surface area (Å²) in [5.41, 5.74) is 10.4. The number of carbonyl (C=O) groups excluding carboxylic acids is 2. The van der Waals surface area contributed by atoms with Crippen LogP contribution in [0.5, 0.6) is 0 Å². The summed E-state index contributed by atoms with van der Waals surface area (Å²) in [6.45, 7) is 4.76. The fraction of sp³-hybridized carbons (Fsp3) is 0.250. The second kappa shape index (κ2) is 6.66. The number of aryl methyl sites for hydroxylation is 1. The van der Waals surface area contributed by atoms with Crippen molar-refractivity contribution in [2.24, 2.45) is 0 Å². The van der Waals surface area contributed by atoms with Crippen molar-refractivity contribution in [2.45, 2.75) is 19.9 Å². The van der Waals surface area contributed by atoms with Crippen molar-refractivity contribution in [1.82, 2.24) is 15.2 Å². The minimum Gasteiger partial charge on any atom is -0.375 e. The summed E-state index contributed by atoms with van der Waals surface area (Å²) in [6.07, 6.45) is 0. The number of fused-ring (bicyclic) bond motifs is 1. The van der Waals surface area contributed by atoms with Crippen molar-refractivity contribution in [2.75, 3.05) is 18.8 Å². The number of rotatable bonds is 2. The molecule has 1 fully saturated rings. The van der Waals surface area contributed by atoms with E-state index in [4.69, 9.17) is 5.73 Å². The SMILES string of the molecule is Cc1cc(-c2cccc(C(=O)N3CCNC(=O)[C@H]3C)c2)cc2sc(N)nc12. The van der Waals surface area contributed by atoms with Crippen LogP contribution in [0.15, 0.2) is 36.4 Å². The van der Waals surface area contributed by atoms with Crippen molar-refractivity contribution in [1.29, 1.82) is 0 Å². The number of hydrogen-bond acceptors (Lipinski definition) is 5. The van der Waals surface area contributed by atoms with Gasteiger partial charge < -0.3 is 16.0 Å². The van der Waals surface area contributed by atoms with Crippen LogP contribution in [0, 0.1) is 6.92 Å². The summed E-state index contributed by atoms with van der Waals surface area (Å²) >= 11 is 1.46. The Bertz CT molecular complexity index is 1060. The van der Waals surface area contributed by atoms with E-state index in [9.17, 15) is 9.59 Å². The highest BCUT2D eigenvalue weighted by Crippen LogP contribution is 2.32. The Hall–Kier alpha value is -2.93. The molecule has 1 aromatic heterocycles. The number of aromatic nitrogens is 1. The molecule has 27 heavy (non-hydrogen) atoms. The molecular weight excluding hydrogens is 360 g/mol. The van der Waals surface area contributed by atoms with Gasteiger partial charge in [0.15, 0.2) is 5.13 Å². The molecule has 1 saturated heterocycles. The van der Waals surface area contributed by atoms with Gasteiger partial charge in [0.05, 0.1) is 10.2 Å². The van der Waals surface area contributed by atoms with E-state index in [1.165, 1.54) is 11.3 Å². The zero-order valence-electron chi connectivity index (χ0n) is 15.2. The first kappa shape index (κ1) is 17.5. The molecule has 2 heterocycles. The third kappa shape index (κ3) is 3.14. The van der Waals surface area contributed by atoms with Crippen LogP contribution in [0.3, 0.4) is 0 Å². The third-order valence-corrected chi connectivity index (χ3v) is 5.74. The van der Waals surface area contributed by atoms with Crippen molar-refractivity contribution in [3.05, 3.63) is 47.5 Å². The number of nitrogens with zero attached hydrogens (tertiary/aromatic N) is 2. The highest BCUT2D eigenvalue weighted by molar-refractivity contribution is 7.22. The number of hydrogen-bond donors (Lipinski definition) is 2. The van der Waals surface area contributed by atoms with Crippen molar-refractivity contribution >= 4 is 38.5 Å². The summed E-state index contributed by atoms with van der Waals surface area (Å²) in [5.74, 6) is -0.242. The van der Waals surface area contributed by atoms with E-state index >= 15 is 0 Å². The highest BCUT2D eigenvalue weighted by Gasteiger charge is 2.29. The number of carbonyl (C=O) groups is 2. The van der Waals surface area contributed by atoms with E-state index in [-0.39, 0.29) is 11.8 Å². The average molecular weight is 380 g/mol. The molecule has 1 aliphatic rings. The zero-order chi connectivity index (χ0) is 19.1. The van der Waals surface area contributed by atoms with E-state index in [1.807, 2.05) is 25.1 Å². The van der Waals surface area contributed by atoms with Gasteiger partial charge >= 0.3 is 0 Å². The van der Waals surface area contributed by atoms with Gasteiger partial charge in [0, 0.05) is 18.7 Å². The van der Waals surface area contributed by atoms with E-state index in [0.717, 1.165) is 26.9 Å². The molecule has 4 rings (SSSR count). The minimum atomic E-state index is -0.464. The van der Waals surface area contributed by atoms with Crippen LogP contribution in [-0.2, 0) is 4.79 Å². The quantitative estimate of drug-likeness (QED) is 0.716. The van der Waals surface area contributed by atoms with Crippen molar-refractivity contribution in [3.8, 4) is 11.1 Å². The van der Waals surface area contributed by atoms with Crippen molar-refractivity contribution < 1.29 is 9.59 Å². The lowest BCUT2D eigenvalue weighted by atomic mass is 10.00. The van der Waals surface area contributed by atoms with E-state index in [0.29, 0.717) is 23.8 Å². The van der Waals surface area contributed by atoms with E-state index in [2.05, 4.69) is 22.4 Å². The van der Waals surface area contributed by atoms with Gasteiger partial charge in [-0.25, -0.2) is 4.98 Å². The lowest BCUT2D eigenvalue weighted by molar-refractivity contribution is -0.127. The first-order valence-corrected chi connectivity index (χ1v) is 9.61. The molecule has 0 aliphatic carbocycles. The van der Waals surface area contributed by atoms with Gasteiger partial charge in [0.25, 0.3) is 5.91 Å². The number of amides is 2. The zero-order valence-corrected chi connectivity index (χ0v) is 16.0. The van der Waals surface area contributed by atoms with Gasteiger partial charge in [-0.1, -0.05) is 23.5 Å². The van der Waals surface area contributed by atoms with Crippen molar-refractivity contribution in [3.63, 3.8) is 0 Å². The first-order chi connectivity index (χ1) is 12.9. The number of nitrogen functional groups attached to an aromatic ring is 1. The summed E-state index contributed by atoms with van der Waals surface area (Å²) in [4.78, 5) is 30.8. The van der Waals surface area contributed by atoms with Gasteiger partial charge in [-0.15, -0.1) is 0 Å². The molecule has 0 spiro atoms. The summed E-state index contributed by atoms with van der Waals surface area (Å²) in [6, 6.07) is 11.2. The van der Waals surface area contributed by atoms with Crippen LogP contribution in [0.25, 0.3) is 21.3 Å². The van der Waals surface area contributed by atoms with Gasteiger partial charge in [0.1, 0.15) is 6.04 Å². The fourth-order valence-electron chi connectivity index (χ4n) is 3.44. The van der Waals surface area contributed by atoms with Crippen LogP contribution < -0.4 is 11.1 Å². The molecule has 0 bridgehead atoms. The predicted octanol–water partition coefficient (Wildman–Crippen LogP) is 2.81. The fourth-order valence-corrected chi connectivity index (χ4v) is 4.29. The van der Waals surface area contributed by atoms with Gasteiger partial charge in [-0.05, 0) is 54.8 Å². The Morgan fingerprint density at radius 1 is 1.30 bits per heavy atom. The van der Waals surface area contributed by atoms with Gasteiger partial charge in [-0.2, -0.15) is 0 Å². The molecule has 6 nitrogen and oxygen atoms in total. The summed E-state index contributed by atoms with van der Waals surface area (Å²) < 4.78 is 1.03. The Morgan fingerprint density at radius 2 is 2.11 bits per heavy atom. The van der Waals surface area contributed by atoms with E-state index < -0.39 is 6.04 Å². The Balaban J connectivity index is 1.70. The first-order valence-electron chi connectivity index (χ1n) is 8.80. The number of anilines is 1. The van der Waals surface area contributed by atoms with Crippen LogP contribution in [0.4, 0.5) is 5.13 Å². The Labute approximate surface area is 161 Å². The summed E-state index contributed by atoms with van der Waals surface area (Å²) in [7, 11) is 0. The number of nitrogens with two attached hydrogens (primary N) is 1. The standard InChI is InChI=1S/C20H20N4O2S/c1-11-8-15(10-16-17(11)23-20(21)27-16)13-4-3-5-14(9-13)19(26)24-7-6-22-18(25)12(24)2/h3-5,8-10,12H,6-7H2,1-2H3,(H2,21,23)(H,22,25)/t12-/m1/s1. The van der Waals surface area contributed by atoms with E-state index in [1.54, 1.807) is 17.9 Å². The van der Waals surface area contributed by atoms with Gasteiger partial charge in [0.2, 0.25) is 5.91 Å². The maximum atomic E-state index is 12.9. The lowest BCUT2D eigenvalue weighted by Gasteiger charge is -2.32. The average Bonchev–Trinajstić information content (AvgIpc) is 3.04. The number of piperazine rings is 1. The van der Waals surface area contributed by atoms with Crippen LogP contribution in [0.1, 0.15) is 22.8 Å². The number of nitrogens with one attached hydrogen (secondary N) is 1. The minimum absolute atomic E-state index is 0.116. The number of benzene rings is 2. The molecule has 0 unspecified atom stereocenters. The second-order valence-electron chi connectivity index (χ2n) is 6.74. The second-order valence-corrected chi connectivity index (χ2v) is 7.80. The molecule has 2 amide bonds.